The fraction of sp³-hybridized carbons (Fsp3) is 0.857. The van der Waals surface area contributed by atoms with Gasteiger partial charge in [-0.05, 0) is 25.8 Å². The summed E-state index contributed by atoms with van der Waals surface area (Å²) in [6.07, 6.45) is 2.04. The van der Waals surface area contributed by atoms with E-state index in [1.54, 1.807) is 6.92 Å². The minimum atomic E-state index is -0.841. The zero-order chi connectivity index (χ0) is 14.9. The van der Waals surface area contributed by atoms with E-state index in [4.69, 9.17) is 10.4 Å². The number of hydrogen-bond donors (Lipinski definition) is 2. The largest absolute Gasteiger partial charge is 0.395 e. The predicted molar refractivity (Wildman–Crippen MR) is 75.4 cm³/mol. The molecule has 0 fully saturated rings. The molecule has 0 aromatic heterocycles. The van der Waals surface area contributed by atoms with Crippen molar-refractivity contribution < 1.29 is 9.90 Å². The molecule has 0 aliphatic rings. The fourth-order valence-corrected chi connectivity index (χ4v) is 1.63. The Hall–Kier alpha value is -1.12. The summed E-state index contributed by atoms with van der Waals surface area (Å²) in [4.78, 5) is 13.9. The van der Waals surface area contributed by atoms with Gasteiger partial charge in [-0.15, -0.1) is 0 Å². The molecule has 19 heavy (non-hydrogen) atoms. The molecule has 0 radical (unpaired) electrons. The van der Waals surface area contributed by atoms with Crippen LogP contribution in [-0.4, -0.2) is 47.7 Å². The average molecular weight is 269 g/mol. The van der Waals surface area contributed by atoms with Crippen molar-refractivity contribution in [3.8, 4) is 6.07 Å². The number of nitrogens with one attached hydrogen (secondary N) is 1. The van der Waals surface area contributed by atoms with Gasteiger partial charge in [0.05, 0.1) is 19.2 Å². The van der Waals surface area contributed by atoms with Gasteiger partial charge in [0.15, 0.2) is 0 Å². The molecule has 0 aliphatic carbocycles. The maximum Gasteiger partial charge on any atom is 0.235 e. The standard InChI is InChI=1S/C14H27N3O2/c1-5-6-7-17(8-9-18)10-13(19)16-14(4,11-15)12(2)3/h12,18H,5-10H2,1-4H3,(H,16,19). The normalized spacial score (nSPS) is 14.2. The lowest BCUT2D eigenvalue weighted by Gasteiger charge is -2.29. The summed E-state index contributed by atoms with van der Waals surface area (Å²) >= 11 is 0. The van der Waals surface area contributed by atoms with E-state index in [9.17, 15) is 4.79 Å². The highest BCUT2D eigenvalue weighted by Gasteiger charge is 2.30. The Kier molecular flexibility index (Phi) is 8.37. The van der Waals surface area contributed by atoms with Crippen molar-refractivity contribution in [2.75, 3.05) is 26.2 Å². The second-order valence-electron chi connectivity index (χ2n) is 5.37. The van der Waals surface area contributed by atoms with Crippen LogP contribution in [0.1, 0.15) is 40.5 Å². The Bertz CT molecular complexity index is 312. The van der Waals surface area contributed by atoms with Crippen molar-refractivity contribution in [1.29, 1.82) is 5.26 Å². The topological polar surface area (TPSA) is 76.4 Å². The molecule has 0 rings (SSSR count). The highest BCUT2D eigenvalue weighted by molar-refractivity contribution is 5.79. The van der Waals surface area contributed by atoms with Gasteiger partial charge in [0.2, 0.25) is 5.91 Å². The van der Waals surface area contributed by atoms with Gasteiger partial charge in [-0.3, -0.25) is 9.69 Å². The molecule has 0 aromatic rings. The Balaban J connectivity index is 4.44. The first-order valence-electron chi connectivity index (χ1n) is 6.95. The fourth-order valence-electron chi connectivity index (χ4n) is 1.63. The predicted octanol–water partition coefficient (Wildman–Crippen LogP) is 1.14. The molecule has 2 N–H and O–H groups in total. The van der Waals surface area contributed by atoms with Crippen LogP contribution in [0.4, 0.5) is 0 Å². The second kappa shape index (κ2) is 8.89. The molecule has 5 nitrogen and oxygen atoms in total. The van der Waals surface area contributed by atoms with Crippen molar-refractivity contribution in [3.05, 3.63) is 0 Å². The summed E-state index contributed by atoms with van der Waals surface area (Å²) in [6.45, 7) is 9.17. The van der Waals surface area contributed by atoms with Crippen molar-refractivity contribution in [3.63, 3.8) is 0 Å². The van der Waals surface area contributed by atoms with Crippen molar-refractivity contribution in [2.24, 2.45) is 5.92 Å². The Morgan fingerprint density at radius 3 is 2.53 bits per heavy atom. The third kappa shape index (κ3) is 6.55. The summed E-state index contributed by atoms with van der Waals surface area (Å²) in [6, 6.07) is 2.16. The molecule has 1 atom stereocenters. The highest BCUT2D eigenvalue weighted by Crippen LogP contribution is 2.14. The minimum absolute atomic E-state index is 0.0384. The van der Waals surface area contributed by atoms with Gasteiger partial charge >= 0.3 is 0 Å². The number of hydrogen-bond acceptors (Lipinski definition) is 4. The van der Waals surface area contributed by atoms with Crippen LogP contribution in [0.25, 0.3) is 0 Å². The molecule has 0 saturated carbocycles. The van der Waals surface area contributed by atoms with Crippen LogP contribution in [0.5, 0.6) is 0 Å². The number of carbonyl (C=O) groups excluding carboxylic acids is 1. The lowest BCUT2D eigenvalue weighted by atomic mass is 9.90. The van der Waals surface area contributed by atoms with E-state index in [1.165, 1.54) is 0 Å². The maximum atomic E-state index is 12.0. The minimum Gasteiger partial charge on any atom is -0.395 e. The maximum absolute atomic E-state index is 12.0. The van der Waals surface area contributed by atoms with E-state index in [2.05, 4.69) is 18.3 Å². The Labute approximate surface area is 116 Å². The lowest BCUT2D eigenvalue weighted by Crippen LogP contribution is -2.52. The molecule has 0 heterocycles. The van der Waals surface area contributed by atoms with Gasteiger partial charge in [0, 0.05) is 6.54 Å². The van der Waals surface area contributed by atoms with Gasteiger partial charge < -0.3 is 10.4 Å². The molecule has 110 valence electrons. The summed E-state index contributed by atoms with van der Waals surface area (Å²) < 4.78 is 0. The van der Waals surface area contributed by atoms with E-state index in [1.807, 2.05) is 18.7 Å². The van der Waals surface area contributed by atoms with Crippen LogP contribution in [0.3, 0.4) is 0 Å². The number of amides is 1. The molecule has 5 heteroatoms. The SMILES string of the molecule is CCCCN(CCO)CC(=O)NC(C)(C#N)C(C)C. The monoisotopic (exact) mass is 269 g/mol. The summed E-state index contributed by atoms with van der Waals surface area (Å²) in [5.41, 5.74) is -0.841. The van der Waals surface area contributed by atoms with Crippen LogP contribution >= 0.6 is 0 Å². The smallest absolute Gasteiger partial charge is 0.235 e. The molecule has 0 aromatic carbocycles. The van der Waals surface area contributed by atoms with Gasteiger partial charge in [0.1, 0.15) is 5.54 Å². The average Bonchev–Trinajstić information content (AvgIpc) is 2.35. The molecule has 0 aliphatic heterocycles. The molecule has 1 amide bonds. The Morgan fingerprint density at radius 2 is 2.11 bits per heavy atom. The van der Waals surface area contributed by atoms with Crippen LogP contribution in [0, 0.1) is 17.2 Å². The third-order valence-electron chi connectivity index (χ3n) is 3.40. The number of carbonyl (C=O) groups is 1. The van der Waals surface area contributed by atoms with Gasteiger partial charge in [0.25, 0.3) is 0 Å². The van der Waals surface area contributed by atoms with Gasteiger partial charge in [-0.25, -0.2) is 0 Å². The number of nitriles is 1. The van der Waals surface area contributed by atoms with Crippen molar-refractivity contribution >= 4 is 5.91 Å². The molecule has 1 unspecified atom stereocenters. The summed E-state index contributed by atoms with van der Waals surface area (Å²) in [7, 11) is 0. The number of unbranched alkanes of at least 4 members (excludes halogenated alkanes) is 1. The second-order valence-corrected chi connectivity index (χ2v) is 5.37. The molecule has 0 bridgehead atoms. The van der Waals surface area contributed by atoms with E-state index in [-0.39, 0.29) is 25.0 Å². The summed E-state index contributed by atoms with van der Waals surface area (Å²) in [5, 5.41) is 20.9. The lowest BCUT2D eigenvalue weighted by molar-refractivity contribution is -0.124. The zero-order valence-corrected chi connectivity index (χ0v) is 12.6. The first kappa shape index (κ1) is 17.9. The number of aliphatic hydroxyl groups is 1. The van der Waals surface area contributed by atoms with Crippen LogP contribution < -0.4 is 5.32 Å². The molecule has 0 spiro atoms. The first-order chi connectivity index (χ1) is 8.89. The van der Waals surface area contributed by atoms with E-state index in [0.29, 0.717) is 6.54 Å². The zero-order valence-electron chi connectivity index (χ0n) is 12.6. The van der Waals surface area contributed by atoms with E-state index < -0.39 is 5.54 Å². The van der Waals surface area contributed by atoms with Gasteiger partial charge in [-0.1, -0.05) is 27.2 Å². The van der Waals surface area contributed by atoms with Crippen LogP contribution in [0.15, 0.2) is 0 Å². The molecular weight excluding hydrogens is 242 g/mol. The first-order valence-corrected chi connectivity index (χ1v) is 6.95. The van der Waals surface area contributed by atoms with Crippen molar-refractivity contribution in [2.45, 2.75) is 46.1 Å². The van der Waals surface area contributed by atoms with E-state index in [0.717, 1.165) is 19.4 Å². The number of nitrogens with zero attached hydrogens (tertiary/aromatic N) is 2. The highest BCUT2D eigenvalue weighted by atomic mass is 16.3. The van der Waals surface area contributed by atoms with Gasteiger partial charge in [-0.2, -0.15) is 5.26 Å². The van der Waals surface area contributed by atoms with Crippen LogP contribution in [0.2, 0.25) is 0 Å². The molecule has 0 saturated heterocycles. The Morgan fingerprint density at radius 1 is 1.47 bits per heavy atom. The quantitative estimate of drug-likeness (QED) is 0.658. The number of aliphatic hydroxyl groups excluding tert-OH is 1. The third-order valence-corrected chi connectivity index (χ3v) is 3.40. The van der Waals surface area contributed by atoms with E-state index >= 15 is 0 Å². The van der Waals surface area contributed by atoms with Crippen LogP contribution in [-0.2, 0) is 4.79 Å². The summed E-state index contributed by atoms with van der Waals surface area (Å²) in [5.74, 6) is -0.120. The molecular formula is C14H27N3O2. The number of rotatable bonds is 9. The van der Waals surface area contributed by atoms with Crippen molar-refractivity contribution in [1.82, 2.24) is 10.2 Å².